The molecule has 4 heteroatoms. The van der Waals surface area contributed by atoms with Gasteiger partial charge in [-0.25, -0.2) is 0 Å². The molecule has 0 saturated heterocycles. The standard InChI is InChI=1S/C16H27BrO2Si/c1-4-8-16(14-9-7-10-15(17)13-14)20(18-11-5-2)19-12-6-3/h7,9-10,13,16,20H,4-6,8,11-12H2,1-3H3. The lowest BCUT2D eigenvalue weighted by Gasteiger charge is -2.26. The van der Waals surface area contributed by atoms with Crippen molar-refractivity contribution in [3.8, 4) is 0 Å². The lowest BCUT2D eigenvalue weighted by atomic mass is 10.1. The first-order valence-corrected chi connectivity index (χ1v) is 10.1. The molecule has 1 unspecified atom stereocenters. The van der Waals surface area contributed by atoms with E-state index in [1.165, 1.54) is 5.56 Å². The predicted molar refractivity (Wildman–Crippen MR) is 91.4 cm³/mol. The summed E-state index contributed by atoms with van der Waals surface area (Å²) in [4.78, 5) is 0. The van der Waals surface area contributed by atoms with Crippen LogP contribution in [0.1, 0.15) is 57.6 Å². The average molecular weight is 359 g/mol. The van der Waals surface area contributed by atoms with Crippen molar-refractivity contribution in [3.63, 3.8) is 0 Å². The molecule has 0 spiro atoms. The summed E-state index contributed by atoms with van der Waals surface area (Å²) in [5, 5.41) is 0. The fourth-order valence-electron chi connectivity index (χ4n) is 2.26. The van der Waals surface area contributed by atoms with E-state index in [1.807, 2.05) is 0 Å². The van der Waals surface area contributed by atoms with Gasteiger partial charge in [0.2, 0.25) is 0 Å². The summed E-state index contributed by atoms with van der Waals surface area (Å²) in [6.07, 6.45) is 4.40. The minimum Gasteiger partial charge on any atom is -0.396 e. The van der Waals surface area contributed by atoms with Crippen molar-refractivity contribution in [3.05, 3.63) is 34.3 Å². The Bertz CT molecular complexity index is 365. The molecule has 2 nitrogen and oxygen atoms in total. The van der Waals surface area contributed by atoms with E-state index in [2.05, 4.69) is 61.0 Å². The molecule has 0 amide bonds. The van der Waals surface area contributed by atoms with E-state index in [0.717, 1.165) is 43.4 Å². The van der Waals surface area contributed by atoms with Gasteiger partial charge in [-0.2, -0.15) is 0 Å². The molecule has 0 fully saturated rings. The molecule has 1 aromatic rings. The summed E-state index contributed by atoms with van der Waals surface area (Å²) >= 11 is 3.57. The van der Waals surface area contributed by atoms with Crippen molar-refractivity contribution < 1.29 is 8.85 Å². The second-order valence-corrected chi connectivity index (χ2v) is 8.18. The monoisotopic (exact) mass is 358 g/mol. The molecule has 114 valence electrons. The molecule has 0 saturated carbocycles. The highest BCUT2D eigenvalue weighted by molar-refractivity contribution is 9.10. The fraction of sp³-hybridized carbons (Fsp3) is 0.625. The van der Waals surface area contributed by atoms with Gasteiger partial charge in [-0.3, -0.25) is 0 Å². The molecule has 0 N–H and O–H groups in total. The number of hydrogen-bond acceptors (Lipinski definition) is 2. The van der Waals surface area contributed by atoms with Crippen LogP contribution in [0.25, 0.3) is 0 Å². The summed E-state index contributed by atoms with van der Waals surface area (Å²) in [7, 11) is -1.67. The number of halogens is 1. The lowest BCUT2D eigenvalue weighted by molar-refractivity contribution is 0.187. The van der Waals surface area contributed by atoms with Crippen molar-refractivity contribution in [2.75, 3.05) is 13.2 Å². The largest absolute Gasteiger partial charge is 0.396 e. The normalized spacial score (nSPS) is 12.8. The predicted octanol–water partition coefficient (Wildman–Crippen LogP) is 4.95. The van der Waals surface area contributed by atoms with Gasteiger partial charge < -0.3 is 8.85 Å². The van der Waals surface area contributed by atoms with Crippen molar-refractivity contribution >= 4 is 25.2 Å². The smallest absolute Gasteiger partial charge is 0.329 e. The molecule has 0 aliphatic rings. The van der Waals surface area contributed by atoms with Crippen molar-refractivity contribution in [1.82, 2.24) is 0 Å². The Morgan fingerprint density at radius 3 is 2.20 bits per heavy atom. The Kier molecular flexibility index (Phi) is 9.43. The van der Waals surface area contributed by atoms with Crippen LogP contribution in [-0.4, -0.2) is 22.5 Å². The van der Waals surface area contributed by atoms with E-state index in [1.54, 1.807) is 0 Å². The lowest BCUT2D eigenvalue weighted by Crippen LogP contribution is -2.32. The Morgan fingerprint density at radius 1 is 1.05 bits per heavy atom. The van der Waals surface area contributed by atoms with Crippen molar-refractivity contribution in [1.29, 1.82) is 0 Å². The van der Waals surface area contributed by atoms with Gasteiger partial charge in [-0.05, 0) is 37.0 Å². The molecule has 1 atom stereocenters. The van der Waals surface area contributed by atoms with Crippen molar-refractivity contribution in [2.24, 2.45) is 0 Å². The molecule has 0 radical (unpaired) electrons. The van der Waals surface area contributed by atoms with Crippen LogP contribution in [-0.2, 0) is 8.85 Å². The molecule has 1 rings (SSSR count). The number of rotatable bonds is 10. The Balaban J connectivity index is 2.87. The SMILES string of the molecule is CCCO[SiH](OCCC)C(CCC)c1cccc(Br)c1. The van der Waals surface area contributed by atoms with Crippen molar-refractivity contribution in [2.45, 2.75) is 52.0 Å². The van der Waals surface area contributed by atoms with Gasteiger partial charge in [0.05, 0.1) is 0 Å². The van der Waals surface area contributed by atoms with Crippen LogP contribution in [0.15, 0.2) is 28.7 Å². The Hall–Kier alpha value is -0.163. The van der Waals surface area contributed by atoms with Gasteiger partial charge >= 0.3 is 9.28 Å². The zero-order chi connectivity index (χ0) is 14.8. The van der Waals surface area contributed by atoms with Crippen LogP contribution in [0, 0.1) is 0 Å². The molecule has 0 aromatic heterocycles. The first-order chi connectivity index (χ1) is 9.72. The minimum atomic E-state index is -1.67. The molecule has 0 aliphatic carbocycles. The summed E-state index contributed by atoms with van der Waals surface area (Å²) in [5.41, 5.74) is 1.79. The van der Waals surface area contributed by atoms with Gasteiger partial charge in [0.15, 0.2) is 0 Å². The highest BCUT2D eigenvalue weighted by atomic mass is 79.9. The summed E-state index contributed by atoms with van der Waals surface area (Å²) in [6, 6.07) is 8.59. The summed E-state index contributed by atoms with van der Waals surface area (Å²) in [6.45, 7) is 8.16. The summed E-state index contributed by atoms with van der Waals surface area (Å²) in [5.74, 6) is 0. The van der Waals surface area contributed by atoms with Crippen LogP contribution in [0.2, 0.25) is 0 Å². The highest BCUT2D eigenvalue weighted by Crippen LogP contribution is 2.27. The second-order valence-electron chi connectivity index (χ2n) is 5.06. The van der Waals surface area contributed by atoms with E-state index in [4.69, 9.17) is 8.85 Å². The Labute approximate surface area is 133 Å². The molecule has 0 heterocycles. The zero-order valence-electron chi connectivity index (χ0n) is 12.9. The van der Waals surface area contributed by atoms with E-state index in [9.17, 15) is 0 Å². The van der Waals surface area contributed by atoms with Gasteiger partial charge in [0.25, 0.3) is 0 Å². The van der Waals surface area contributed by atoms with Crippen LogP contribution < -0.4 is 0 Å². The van der Waals surface area contributed by atoms with Gasteiger partial charge in [0, 0.05) is 23.2 Å². The van der Waals surface area contributed by atoms with E-state index in [0.29, 0.717) is 5.54 Å². The van der Waals surface area contributed by atoms with Gasteiger partial charge in [0.1, 0.15) is 0 Å². The maximum Gasteiger partial charge on any atom is 0.329 e. The molecule has 20 heavy (non-hydrogen) atoms. The first-order valence-electron chi connectivity index (χ1n) is 7.71. The topological polar surface area (TPSA) is 18.5 Å². The molecule has 0 bridgehead atoms. The highest BCUT2D eigenvalue weighted by Gasteiger charge is 2.27. The zero-order valence-corrected chi connectivity index (χ0v) is 15.6. The van der Waals surface area contributed by atoms with E-state index < -0.39 is 9.28 Å². The molecular weight excluding hydrogens is 332 g/mol. The fourth-order valence-corrected chi connectivity index (χ4v) is 5.30. The molecule has 0 aliphatic heterocycles. The van der Waals surface area contributed by atoms with Crippen LogP contribution in [0.4, 0.5) is 0 Å². The third-order valence-corrected chi connectivity index (χ3v) is 6.17. The minimum absolute atomic E-state index is 0.440. The van der Waals surface area contributed by atoms with E-state index >= 15 is 0 Å². The van der Waals surface area contributed by atoms with Gasteiger partial charge in [-0.1, -0.05) is 55.3 Å². The van der Waals surface area contributed by atoms with E-state index in [-0.39, 0.29) is 0 Å². The number of benzene rings is 1. The maximum atomic E-state index is 6.10. The third kappa shape index (κ3) is 6.08. The second kappa shape index (κ2) is 10.5. The molecule has 1 aromatic carbocycles. The molecular formula is C16H27BrO2Si. The summed E-state index contributed by atoms with van der Waals surface area (Å²) < 4.78 is 13.3. The number of hydrogen-bond donors (Lipinski definition) is 0. The average Bonchev–Trinajstić information content (AvgIpc) is 2.45. The van der Waals surface area contributed by atoms with Gasteiger partial charge in [-0.15, -0.1) is 0 Å². The van der Waals surface area contributed by atoms with Crippen LogP contribution in [0.5, 0.6) is 0 Å². The van der Waals surface area contributed by atoms with Crippen LogP contribution >= 0.6 is 15.9 Å². The third-order valence-electron chi connectivity index (χ3n) is 3.18. The Morgan fingerprint density at radius 2 is 1.70 bits per heavy atom. The van der Waals surface area contributed by atoms with Crippen LogP contribution in [0.3, 0.4) is 0 Å². The first kappa shape index (κ1) is 17.9. The quantitative estimate of drug-likeness (QED) is 0.551. The maximum absolute atomic E-state index is 6.10.